The van der Waals surface area contributed by atoms with Gasteiger partial charge < -0.3 is 15.2 Å². The van der Waals surface area contributed by atoms with Crippen LogP contribution in [-0.2, 0) is 20.1 Å². The van der Waals surface area contributed by atoms with Gasteiger partial charge in [0.15, 0.2) is 11.8 Å². The van der Waals surface area contributed by atoms with Crippen molar-refractivity contribution in [3.05, 3.63) is 47.5 Å². The Hall–Kier alpha value is -1.64. The predicted molar refractivity (Wildman–Crippen MR) is 99.3 cm³/mol. The van der Waals surface area contributed by atoms with Crippen molar-refractivity contribution >= 4 is 29.9 Å². The second-order valence-electron chi connectivity index (χ2n) is 4.89. The molecule has 2 rings (SSSR count). The SMILES string of the molecule is CCNC(=NCc1ccc(C)cc1)NCc1nncn1C.I. The first-order valence-corrected chi connectivity index (χ1v) is 7.09. The van der Waals surface area contributed by atoms with Crippen LogP contribution in [0.25, 0.3) is 0 Å². The molecule has 0 aliphatic heterocycles. The Morgan fingerprint density at radius 2 is 1.95 bits per heavy atom. The van der Waals surface area contributed by atoms with E-state index in [2.05, 4.69) is 57.0 Å². The average molecular weight is 414 g/mol. The minimum atomic E-state index is 0. The van der Waals surface area contributed by atoms with Crippen LogP contribution in [-0.4, -0.2) is 27.3 Å². The highest BCUT2D eigenvalue weighted by molar-refractivity contribution is 14.0. The normalized spacial score (nSPS) is 11.0. The zero-order chi connectivity index (χ0) is 15.1. The topological polar surface area (TPSA) is 67.1 Å². The summed E-state index contributed by atoms with van der Waals surface area (Å²) in [5.74, 6) is 1.65. The molecule has 0 spiro atoms. The van der Waals surface area contributed by atoms with E-state index < -0.39 is 0 Å². The van der Waals surface area contributed by atoms with Gasteiger partial charge in [-0.2, -0.15) is 0 Å². The van der Waals surface area contributed by atoms with Crippen molar-refractivity contribution in [2.24, 2.45) is 12.0 Å². The molecule has 0 saturated carbocycles. The fourth-order valence-corrected chi connectivity index (χ4v) is 1.84. The molecule has 2 N–H and O–H groups in total. The Balaban J connectivity index is 0.00000242. The summed E-state index contributed by atoms with van der Waals surface area (Å²) in [5.41, 5.74) is 2.45. The molecule has 0 unspecified atom stereocenters. The van der Waals surface area contributed by atoms with Crippen LogP contribution in [0.3, 0.4) is 0 Å². The first-order chi connectivity index (χ1) is 10.2. The minimum Gasteiger partial charge on any atom is -0.357 e. The van der Waals surface area contributed by atoms with E-state index in [4.69, 9.17) is 0 Å². The van der Waals surface area contributed by atoms with Crippen molar-refractivity contribution in [2.75, 3.05) is 6.54 Å². The molecule has 0 aliphatic rings. The molecule has 7 heteroatoms. The number of nitrogens with zero attached hydrogens (tertiary/aromatic N) is 4. The average Bonchev–Trinajstić information content (AvgIpc) is 2.89. The summed E-state index contributed by atoms with van der Waals surface area (Å²) in [4.78, 5) is 4.58. The molecule has 0 fully saturated rings. The van der Waals surface area contributed by atoms with Crippen molar-refractivity contribution in [1.29, 1.82) is 0 Å². The summed E-state index contributed by atoms with van der Waals surface area (Å²) in [7, 11) is 1.92. The molecule has 0 amide bonds. The third kappa shape index (κ3) is 5.63. The van der Waals surface area contributed by atoms with Gasteiger partial charge in [-0.05, 0) is 19.4 Å². The predicted octanol–water partition coefficient (Wildman–Crippen LogP) is 2.00. The summed E-state index contributed by atoms with van der Waals surface area (Å²) in [5, 5.41) is 14.4. The highest BCUT2D eigenvalue weighted by Gasteiger charge is 2.02. The van der Waals surface area contributed by atoms with Crippen LogP contribution >= 0.6 is 24.0 Å². The molecule has 1 aromatic heterocycles. The van der Waals surface area contributed by atoms with E-state index >= 15 is 0 Å². The molecule has 0 radical (unpaired) electrons. The lowest BCUT2D eigenvalue weighted by Gasteiger charge is -2.10. The minimum absolute atomic E-state index is 0. The summed E-state index contributed by atoms with van der Waals surface area (Å²) in [6.07, 6.45) is 1.69. The molecule has 0 aliphatic carbocycles. The number of guanidine groups is 1. The number of rotatable bonds is 5. The van der Waals surface area contributed by atoms with Gasteiger partial charge in [0, 0.05) is 13.6 Å². The van der Waals surface area contributed by atoms with Crippen LogP contribution in [0.1, 0.15) is 23.9 Å². The van der Waals surface area contributed by atoms with Gasteiger partial charge in [-0.1, -0.05) is 29.8 Å². The Labute approximate surface area is 148 Å². The number of aliphatic imine (C=N–C) groups is 1. The third-order valence-electron chi connectivity index (χ3n) is 3.10. The molecular formula is C15H23IN6. The monoisotopic (exact) mass is 414 g/mol. The van der Waals surface area contributed by atoms with E-state index in [0.717, 1.165) is 18.3 Å². The summed E-state index contributed by atoms with van der Waals surface area (Å²) >= 11 is 0. The van der Waals surface area contributed by atoms with Gasteiger partial charge in [-0.25, -0.2) is 4.99 Å². The van der Waals surface area contributed by atoms with E-state index in [0.29, 0.717) is 13.1 Å². The molecule has 120 valence electrons. The number of benzene rings is 1. The van der Waals surface area contributed by atoms with E-state index in [1.54, 1.807) is 6.33 Å². The van der Waals surface area contributed by atoms with Gasteiger partial charge in [-0.3, -0.25) is 0 Å². The lowest BCUT2D eigenvalue weighted by Crippen LogP contribution is -2.37. The van der Waals surface area contributed by atoms with E-state index in [9.17, 15) is 0 Å². The van der Waals surface area contributed by atoms with E-state index in [1.807, 2.05) is 18.5 Å². The zero-order valence-corrected chi connectivity index (χ0v) is 15.5. The molecule has 6 nitrogen and oxygen atoms in total. The van der Waals surface area contributed by atoms with Crippen LogP contribution < -0.4 is 10.6 Å². The van der Waals surface area contributed by atoms with Gasteiger partial charge in [0.05, 0.1) is 13.1 Å². The Morgan fingerprint density at radius 3 is 2.55 bits per heavy atom. The molecule has 1 aromatic carbocycles. The fraction of sp³-hybridized carbons (Fsp3) is 0.400. The number of hydrogen-bond donors (Lipinski definition) is 2. The quantitative estimate of drug-likeness (QED) is 0.446. The maximum atomic E-state index is 4.58. The standard InChI is InChI=1S/C15H22N6.HI/c1-4-16-15(18-10-14-20-19-11-21(14)3)17-9-13-7-5-12(2)6-8-13;/h5-8,11H,4,9-10H2,1-3H3,(H2,16,17,18);1H. The second-order valence-corrected chi connectivity index (χ2v) is 4.89. The molecule has 2 aromatic rings. The lowest BCUT2D eigenvalue weighted by molar-refractivity contribution is 0.726. The van der Waals surface area contributed by atoms with Gasteiger partial charge >= 0.3 is 0 Å². The second kappa shape index (κ2) is 9.39. The molecule has 22 heavy (non-hydrogen) atoms. The van der Waals surface area contributed by atoms with Crippen LogP contribution in [0.4, 0.5) is 0 Å². The van der Waals surface area contributed by atoms with Gasteiger partial charge in [0.1, 0.15) is 6.33 Å². The zero-order valence-electron chi connectivity index (χ0n) is 13.2. The highest BCUT2D eigenvalue weighted by atomic mass is 127. The maximum absolute atomic E-state index is 4.58. The first kappa shape index (κ1) is 18.4. The highest BCUT2D eigenvalue weighted by Crippen LogP contribution is 2.04. The van der Waals surface area contributed by atoms with E-state index in [1.165, 1.54) is 11.1 Å². The number of hydrogen-bond acceptors (Lipinski definition) is 3. The summed E-state index contributed by atoms with van der Waals surface area (Å²) < 4.78 is 1.89. The Kier molecular flexibility index (Phi) is 7.86. The molecule has 0 atom stereocenters. The van der Waals surface area contributed by atoms with Crippen LogP contribution in [0.15, 0.2) is 35.6 Å². The van der Waals surface area contributed by atoms with Crippen molar-refractivity contribution in [3.8, 4) is 0 Å². The number of halogens is 1. The van der Waals surface area contributed by atoms with Crippen molar-refractivity contribution in [3.63, 3.8) is 0 Å². The summed E-state index contributed by atoms with van der Waals surface area (Å²) in [6, 6.07) is 8.41. The van der Waals surface area contributed by atoms with Gasteiger partial charge in [0.25, 0.3) is 0 Å². The maximum Gasteiger partial charge on any atom is 0.191 e. The van der Waals surface area contributed by atoms with Crippen molar-refractivity contribution in [1.82, 2.24) is 25.4 Å². The van der Waals surface area contributed by atoms with Crippen LogP contribution in [0, 0.1) is 6.92 Å². The van der Waals surface area contributed by atoms with E-state index in [-0.39, 0.29) is 24.0 Å². The summed E-state index contributed by atoms with van der Waals surface area (Å²) in [6.45, 7) is 6.19. The van der Waals surface area contributed by atoms with Gasteiger partial charge in [0.2, 0.25) is 0 Å². The Morgan fingerprint density at radius 1 is 1.23 bits per heavy atom. The molecule has 0 bridgehead atoms. The third-order valence-corrected chi connectivity index (χ3v) is 3.10. The number of nitrogens with one attached hydrogen (secondary N) is 2. The number of aryl methyl sites for hydroxylation is 2. The fourth-order valence-electron chi connectivity index (χ4n) is 1.84. The molecule has 1 heterocycles. The van der Waals surface area contributed by atoms with Crippen molar-refractivity contribution < 1.29 is 0 Å². The number of aromatic nitrogens is 3. The van der Waals surface area contributed by atoms with Crippen LogP contribution in [0.2, 0.25) is 0 Å². The lowest BCUT2D eigenvalue weighted by atomic mass is 10.1. The van der Waals surface area contributed by atoms with Gasteiger partial charge in [-0.15, -0.1) is 34.2 Å². The molecular weight excluding hydrogens is 391 g/mol. The van der Waals surface area contributed by atoms with Crippen molar-refractivity contribution in [2.45, 2.75) is 26.9 Å². The largest absolute Gasteiger partial charge is 0.357 e. The van der Waals surface area contributed by atoms with Crippen LogP contribution in [0.5, 0.6) is 0 Å². The Bertz CT molecular complexity index is 590. The smallest absolute Gasteiger partial charge is 0.191 e. The first-order valence-electron chi connectivity index (χ1n) is 7.09. The molecule has 0 saturated heterocycles.